The second kappa shape index (κ2) is 6.99. The Morgan fingerprint density at radius 2 is 1.96 bits per heavy atom. The van der Waals surface area contributed by atoms with Crippen molar-refractivity contribution in [2.75, 3.05) is 0 Å². The molecule has 2 unspecified atom stereocenters. The molecule has 3 heterocycles. The standard InChI is InChI=1S/C18H25N3O2SSi/c1-18(2,3)16(23-25(4)5)13-8-12(9-19-10-13)15(22)14-17-21(11-20-14)6-7-24-17/h6-11,15-16,22,25H,1-5H3. The zero-order chi connectivity index (χ0) is 18.2. The summed E-state index contributed by atoms with van der Waals surface area (Å²) in [4.78, 5) is 9.70. The summed E-state index contributed by atoms with van der Waals surface area (Å²) in [7, 11) is -1.22. The van der Waals surface area contributed by atoms with E-state index in [4.69, 9.17) is 4.43 Å². The number of rotatable bonds is 5. The van der Waals surface area contributed by atoms with E-state index in [1.54, 1.807) is 23.9 Å². The lowest BCUT2D eigenvalue weighted by atomic mass is 9.85. The molecule has 0 aliphatic carbocycles. The highest BCUT2D eigenvalue weighted by atomic mass is 32.1. The lowest BCUT2D eigenvalue weighted by Crippen LogP contribution is -2.26. The number of pyridine rings is 1. The SMILES string of the molecule is C[SiH](C)OC(c1cncc(C(O)c2ncn3ccsc23)c1)C(C)(C)C. The van der Waals surface area contributed by atoms with Crippen LogP contribution in [-0.2, 0) is 4.43 Å². The largest absolute Gasteiger partial charge is 0.413 e. The van der Waals surface area contributed by atoms with Gasteiger partial charge in [-0.25, -0.2) is 4.98 Å². The molecule has 5 nitrogen and oxygen atoms in total. The number of nitrogens with zero attached hydrogens (tertiary/aromatic N) is 3. The van der Waals surface area contributed by atoms with Crippen LogP contribution >= 0.6 is 11.3 Å². The van der Waals surface area contributed by atoms with Crippen molar-refractivity contribution in [3.8, 4) is 0 Å². The molecular weight excluding hydrogens is 350 g/mol. The Balaban J connectivity index is 1.96. The third-order valence-corrected chi connectivity index (χ3v) is 5.75. The lowest BCUT2D eigenvalue weighted by molar-refractivity contribution is 0.0860. The number of fused-ring (bicyclic) bond motifs is 1. The van der Waals surface area contributed by atoms with E-state index in [-0.39, 0.29) is 11.5 Å². The molecule has 0 saturated carbocycles. The maximum atomic E-state index is 10.8. The minimum atomic E-state index is -1.22. The van der Waals surface area contributed by atoms with Crippen molar-refractivity contribution in [3.63, 3.8) is 0 Å². The number of aliphatic hydroxyl groups is 1. The van der Waals surface area contributed by atoms with Crippen molar-refractivity contribution in [2.24, 2.45) is 5.41 Å². The third kappa shape index (κ3) is 3.84. The first-order valence-corrected chi connectivity index (χ1v) is 12.1. The normalized spacial score (nSPS) is 15.0. The summed E-state index contributed by atoms with van der Waals surface area (Å²) in [5, 5.41) is 12.8. The molecule has 0 amide bonds. The van der Waals surface area contributed by atoms with Gasteiger partial charge in [0.15, 0.2) is 9.04 Å². The van der Waals surface area contributed by atoms with E-state index in [2.05, 4.69) is 43.8 Å². The average molecular weight is 376 g/mol. The van der Waals surface area contributed by atoms with E-state index in [1.807, 2.05) is 28.2 Å². The maximum absolute atomic E-state index is 10.8. The van der Waals surface area contributed by atoms with Gasteiger partial charge in [-0.1, -0.05) is 20.8 Å². The molecule has 2 atom stereocenters. The molecule has 7 heteroatoms. The monoisotopic (exact) mass is 375 g/mol. The van der Waals surface area contributed by atoms with Gasteiger partial charge in [0.05, 0.1) is 6.10 Å². The molecule has 3 rings (SSSR count). The average Bonchev–Trinajstić information content (AvgIpc) is 3.14. The van der Waals surface area contributed by atoms with Crippen molar-refractivity contribution in [1.29, 1.82) is 0 Å². The third-order valence-electron chi connectivity index (χ3n) is 4.03. The van der Waals surface area contributed by atoms with Gasteiger partial charge in [-0.3, -0.25) is 9.38 Å². The number of aliphatic hydroxyl groups excluding tert-OH is 1. The van der Waals surface area contributed by atoms with Crippen LogP contribution in [0.2, 0.25) is 13.1 Å². The first-order valence-electron chi connectivity index (χ1n) is 8.46. The van der Waals surface area contributed by atoms with E-state index in [0.717, 1.165) is 16.0 Å². The van der Waals surface area contributed by atoms with Crippen LogP contribution in [-0.4, -0.2) is 28.5 Å². The molecule has 0 fully saturated rings. The second-order valence-corrected chi connectivity index (χ2v) is 10.9. The van der Waals surface area contributed by atoms with Gasteiger partial charge in [-0.2, -0.15) is 0 Å². The van der Waals surface area contributed by atoms with Crippen molar-refractivity contribution < 1.29 is 9.53 Å². The van der Waals surface area contributed by atoms with Gasteiger partial charge in [0.2, 0.25) is 0 Å². The smallest absolute Gasteiger partial charge is 0.171 e. The Bertz CT molecular complexity index is 853. The molecule has 3 aromatic rings. The van der Waals surface area contributed by atoms with Crippen molar-refractivity contribution >= 4 is 25.2 Å². The summed E-state index contributed by atoms with van der Waals surface area (Å²) in [5.41, 5.74) is 2.37. The van der Waals surface area contributed by atoms with E-state index >= 15 is 0 Å². The van der Waals surface area contributed by atoms with Gasteiger partial charge in [-0.05, 0) is 30.1 Å². The van der Waals surface area contributed by atoms with Gasteiger partial charge in [0, 0.05) is 29.5 Å². The van der Waals surface area contributed by atoms with Crippen LogP contribution in [0.1, 0.15) is 49.8 Å². The zero-order valence-electron chi connectivity index (χ0n) is 15.3. The Hall–Kier alpha value is -1.54. The molecule has 0 aliphatic heterocycles. The van der Waals surface area contributed by atoms with Crippen LogP contribution in [0.3, 0.4) is 0 Å². The fourth-order valence-electron chi connectivity index (χ4n) is 2.92. The molecule has 1 N–H and O–H groups in total. The molecule has 0 aromatic carbocycles. The summed E-state index contributed by atoms with van der Waals surface area (Å²) < 4.78 is 8.21. The zero-order valence-corrected chi connectivity index (χ0v) is 17.3. The molecule has 0 aliphatic rings. The van der Waals surface area contributed by atoms with Gasteiger partial charge in [-0.15, -0.1) is 11.3 Å². The second-order valence-electron chi connectivity index (χ2n) is 7.63. The number of aromatic nitrogens is 3. The first-order chi connectivity index (χ1) is 11.8. The molecule has 0 saturated heterocycles. The van der Waals surface area contributed by atoms with Crippen molar-refractivity contribution in [3.05, 3.63) is 53.2 Å². The van der Waals surface area contributed by atoms with Crippen LogP contribution in [0.25, 0.3) is 4.83 Å². The maximum Gasteiger partial charge on any atom is 0.171 e. The highest BCUT2D eigenvalue weighted by Crippen LogP contribution is 2.37. The Morgan fingerprint density at radius 3 is 2.64 bits per heavy atom. The minimum Gasteiger partial charge on any atom is -0.413 e. The number of imidazole rings is 1. The Kier molecular flexibility index (Phi) is 5.10. The molecule has 0 spiro atoms. The summed E-state index contributed by atoms with van der Waals surface area (Å²) in [6.45, 7) is 10.8. The van der Waals surface area contributed by atoms with Gasteiger partial charge >= 0.3 is 0 Å². The van der Waals surface area contributed by atoms with E-state index in [0.29, 0.717) is 5.69 Å². The minimum absolute atomic E-state index is 0.0393. The van der Waals surface area contributed by atoms with Crippen LogP contribution in [0.5, 0.6) is 0 Å². The Labute approximate surface area is 154 Å². The van der Waals surface area contributed by atoms with Crippen LogP contribution < -0.4 is 0 Å². The summed E-state index contributed by atoms with van der Waals surface area (Å²) in [6, 6.07) is 2.00. The van der Waals surface area contributed by atoms with Crippen LogP contribution in [0.15, 0.2) is 36.4 Å². The summed E-state index contributed by atoms with van der Waals surface area (Å²) in [6.07, 6.45) is 6.38. The topological polar surface area (TPSA) is 59.7 Å². The number of thiazole rings is 1. The highest BCUT2D eigenvalue weighted by molar-refractivity contribution is 7.15. The Morgan fingerprint density at radius 1 is 1.24 bits per heavy atom. The first kappa shape index (κ1) is 18.3. The molecule has 0 bridgehead atoms. The van der Waals surface area contributed by atoms with Gasteiger partial charge in [0.1, 0.15) is 23.0 Å². The van der Waals surface area contributed by atoms with Gasteiger partial charge in [0.25, 0.3) is 0 Å². The number of hydrogen-bond donors (Lipinski definition) is 1. The molecular formula is C18H25N3O2SSi. The number of hydrogen-bond acceptors (Lipinski definition) is 5. The van der Waals surface area contributed by atoms with Crippen molar-refractivity contribution in [2.45, 2.75) is 46.1 Å². The molecule has 0 radical (unpaired) electrons. The lowest BCUT2D eigenvalue weighted by Gasteiger charge is -2.33. The van der Waals surface area contributed by atoms with Crippen LogP contribution in [0.4, 0.5) is 0 Å². The van der Waals surface area contributed by atoms with Crippen LogP contribution in [0, 0.1) is 5.41 Å². The van der Waals surface area contributed by atoms with E-state index < -0.39 is 15.1 Å². The van der Waals surface area contributed by atoms with Crippen molar-refractivity contribution in [1.82, 2.24) is 14.4 Å². The fourth-order valence-corrected chi connectivity index (χ4v) is 4.87. The quantitative estimate of drug-likeness (QED) is 0.686. The van der Waals surface area contributed by atoms with E-state index in [1.165, 1.54) is 0 Å². The summed E-state index contributed by atoms with van der Waals surface area (Å²) in [5.74, 6) is 0. The van der Waals surface area contributed by atoms with Gasteiger partial charge < -0.3 is 9.53 Å². The molecule has 3 aromatic heterocycles. The fraction of sp³-hybridized carbons (Fsp3) is 0.444. The predicted octanol–water partition coefficient (Wildman–Crippen LogP) is 3.96. The molecule has 25 heavy (non-hydrogen) atoms. The predicted molar refractivity (Wildman–Crippen MR) is 104 cm³/mol. The van der Waals surface area contributed by atoms with E-state index in [9.17, 15) is 5.11 Å². The highest BCUT2D eigenvalue weighted by Gasteiger charge is 2.29. The summed E-state index contributed by atoms with van der Waals surface area (Å²) >= 11 is 1.57. The molecule has 134 valence electrons.